The van der Waals surface area contributed by atoms with E-state index in [1.54, 1.807) is 0 Å². The molecular weight excluding hydrogens is 282 g/mol. The van der Waals surface area contributed by atoms with Crippen LogP contribution < -0.4 is 10.6 Å². The molecule has 1 aromatic rings. The van der Waals surface area contributed by atoms with Crippen LogP contribution in [0.25, 0.3) is 0 Å². The highest BCUT2D eigenvalue weighted by Crippen LogP contribution is 2.22. The number of guanidine groups is 1. The Kier molecular flexibility index (Phi) is 3.47. The smallest absolute Gasteiger partial charge is 0.256 e. The van der Waals surface area contributed by atoms with Crippen LogP contribution in [0.5, 0.6) is 0 Å². The number of hydrogen-bond donors (Lipinski definition) is 2. The molecule has 0 spiro atoms. The fourth-order valence-corrected chi connectivity index (χ4v) is 1.89. The predicted molar refractivity (Wildman–Crippen MR) is 70.7 cm³/mol. The summed E-state index contributed by atoms with van der Waals surface area (Å²) >= 11 is 3.37. The lowest BCUT2D eigenvalue weighted by molar-refractivity contribution is -0.120. The van der Waals surface area contributed by atoms with Crippen molar-refractivity contribution in [2.45, 2.75) is 25.9 Å². The first kappa shape index (κ1) is 12.1. The van der Waals surface area contributed by atoms with E-state index in [-0.39, 0.29) is 11.9 Å². The minimum absolute atomic E-state index is 0.0875. The maximum atomic E-state index is 11.8. The lowest BCUT2D eigenvalue weighted by Gasteiger charge is -2.07. The Labute approximate surface area is 109 Å². The van der Waals surface area contributed by atoms with Gasteiger partial charge in [0.1, 0.15) is 0 Å². The number of hydrogen-bond acceptors (Lipinski definition) is 3. The number of aliphatic imine (C=N–C) groups is 1. The second-order valence-electron chi connectivity index (χ2n) is 4.22. The second-order valence-corrected chi connectivity index (χ2v) is 5.14. The van der Waals surface area contributed by atoms with Crippen molar-refractivity contribution in [2.24, 2.45) is 4.99 Å². The molecule has 1 amide bonds. The monoisotopic (exact) mass is 295 g/mol. The van der Waals surface area contributed by atoms with Gasteiger partial charge in [-0.05, 0) is 31.5 Å². The zero-order chi connectivity index (χ0) is 12.4. The van der Waals surface area contributed by atoms with Gasteiger partial charge in [-0.2, -0.15) is 0 Å². The van der Waals surface area contributed by atoms with Gasteiger partial charge in [-0.25, -0.2) is 4.99 Å². The zero-order valence-electron chi connectivity index (χ0n) is 9.70. The van der Waals surface area contributed by atoms with Crippen LogP contribution in [0.1, 0.15) is 25.5 Å². The maximum absolute atomic E-state index is 11.8. The summed E-state index contributed by atoms with van der Waals surface area (Å²) in [6.07, 6.45) is 0. The van der Waals surface area contributed by atoms with Crippen molar-refractivity contribution in [3.05, 3.63) is 34.3 Å². The van der Waals surface area contributed by atoms with E-state index in [1.165, 1.54) is 0 Å². The lowest BCUT2D eigenvalue weighted by atomic mass is 10.1. The molecule has 0 aromatic heterocycles. The SMILES string of the molecule is CC(C)NC1=NC(c2ccc(Br)cc2)C(=O)N1. The second kappa shape index (κ2) is 4.87. The summed E-state index contributed by atoms with van der Waals surface area (Å²) in [5.41, 5.74) is 0.895. The highest BCUT2D eigenvalue weighted by molar-refractivity contribution is 9.10. The van der Waals surface area contributed by atoms with Gasteiger partial charge < -0.3 is 5.32 Å². The molecule has 4 nitrogen and oxygen atoms in total. The zero-order valence-corrected chi connectivity index (χ0v) is 11.3. The Morgan fingerprint density at radius 2 is 2.00 bits per heavy atom. The van der Waals surface area contributed by atoms with Gasteiger partial charge in [0.25, 0.3) is 5.91 Å². The van der Waals surface area contributed by atoms with Crippen molar-refractivity contribution in [2.75, 3.05) is 0 Å². The van der Waals surface area contributed by atoms with Crippen LogP contribution in [0.2, 0.25) is 0 Å². The number of amides is 1. The summed E-state index contributed by atoms with van der Waals surface area (Å²) in [5.74, 6) is 0.466. The molecule has 1 atom stereocenters. The lowest BCUT2D eigenvalue weighted by Crippen LogP contribution is -2.40. The van der Waals surface area contributed by atoms with Gasteiger partial charge in [-0.1, -0.05) is 28.1 Å². The molecular formula is C12H14BrN3O. The minimum atomic E-state index is -0.440. The van der Waals surface area contributed by atoms with Crippen LogP contribution in [-0.2, 0) is 4.79 Å². The number of carbonyl (C=O) groups is 1. The first-order valence-corrected chi connectivity index (χ1v) is 6.26. The van der Waals surface area contributed by atoms with E-state index in [2.05, 4.69) is 31.6 Å². The first-order chi connectivity index (χ1) is 8.06. The third-order valence-electron chi connectivity index (χ3n) is 2.36. The van der Waals surface area contributed by atoms with Crippen LogP contribution in [0.3, 0.4) is 0 Å². The number of benzene rings is 1. The standard InChI is InChI=1S/C12H14BrN3O/c1-7(2)14-12-15-10(11(17)16-12)8-3-5-9(13)6-4-8/h3-7,10H,1-2H3,(H2,14,15,16,17). The quantitative estimate of drug-likeness (QED) is 0.876. The number of rotatable bonds is 2. The van der Waals surface area contributed by atoms with Gasteiger partial charge >= 0.3 is 0 Å². The van der Waals surface area contributed by atoms with Crippen LogP contribution in [-0.4, -0.2) is 17.9 Å². The Hall–Kier alpha value is -1.36. The molecule has 2 N–H and O–H groups in total. The number of halogens is 1. The Morgan fingerprint density at radius 1 is 1.35 bits per heavy atom. The average Bonchev–Trinajstić information content (AvgIpc) is 2.59. The van der Waals surface area contributed by atoms with Crippen molar-refractivity contribution in [1.82, 2.24) is 10.6 Å². The molecule has 1 aromatic carbocycles. The Bertz CT molecular complexity index is 453. The topological polar surface area (TPSA) is 53.5 Å². The molecule has 0 fully saturated rings. The van der Waals surface area contributed by atoms with E-state index in [4.69, 9.17) is 0 Å². The highest BCUT2D eigenvalue weighted by atomic mass is 79.9. The maximum Gasteiger partial charge on any atom is 0.256 e. The number of nitrogens with one attached hydrogen (secondary N) is 2. The van der Waals surface area contributed by atoms with E-state index < -0.39 is 6.04 Å². The number of nitrogens with zero attached hydrogens (tertiary/aromatic N) is 1. The largest absolute Gasteiger partial charge is 0.354 e. The van der Waals surface area contributed by atoms with Gasteiger partial charge in [0.05, 0.1) is 0 Å². The molecule has 1 heterocycles. The third-order valence-corrected chi connectivity index (χ3v) is 2.89. The fourth-order valence-electron chi connectivity index (χ4n) is 1.62. The summed E-state index contributed by atoms with van der Waals surface area (Å²) in [4.78, 5) is 16.1. The summed E-state index contributed by atoms with van der Waals surface area (Å²) in [5, 5.41) is 5.83. The molecule has 90 valence electrons. The molecule has 0 saturated heterocycles. The van der Waals surface area contributed by atoms with E-state index in [1.807, 2.05) is 38.1 Å². The molecule has 0 bridgehead atoms. The van der Waals surface area contributed by atoms with Crippen LogP contribution in [0.15, 0.2) is 33.7 Å². The Morgan fingerprint density at radius 3 is 2.59 bits per heavy atom. The van der Waals surface area contributed by atoms with Crippen molar-refractivity contribution in [1.29, 1.82) is 0 Å². The fraction of sp³-hybridized carbons (Fsp3) is 0.333. The van der Waals surface area contributed by atoms with Crippen molar-refractivity contribution in [3.63, 3.8) is 0 Å². The predicted octanol–water partition coefficient (Wildman–Crippen LogP) is 1.97. The Balaban J connectivity index is 2.18. The van der Waals surface area contributed by atoms with Crippen LogP contribution in [0, 0.1) is 0 Å². The summed E-state index contributed by atoms with van der Waals surface area (Å²) < 4.78 is 0.990. The molecule has 1 unspecified atom stereocenters. The van der Waals surface area contributed by atoms with Crippen molar-refractivity contribution >= 4 is 27.8 Å². The molecule has 1 aliphatic rings. The van der Waals surface area contributed by atoms with Gasteiger partial charge in [-0.3, -0.25) is 10.1 Å². The van der Waals surface area contributed by atoms with Gasteiger partial charge in [0, 0.05) is 10.5 Å². The molecule has 17 heavy (non-hydrogen) atoms. The van der Waals surface area contributed by atoms with Gasteiger partial charge in [0.15, 0.2) is 12.0 Å². The average molecular weight is 296 g/mol. The van der Waals surface area contributed by atoms with Crippen LogP contribution >= 0.6 is 15.9 Å². The molecule has 0 saturated carbocycles. The molecule has 5 heteroatoms. The summed E-state index contributed by atoms with van der Waals surface area (Å²) in [6.45, 7) is 4.00. The summed E-state index contributed by atoms with van der Waals surface area (Å²) in [6, 6.07) is 7.42. The van der Waals surface area contributed by atoms with E-state index >= 15 is 0 Å². The normalized spacial score (nSPS) is 19.2. The minimum Gasteiger partial charge on any atom is -0.354 e. The molecule has 1 aliphatic heterocycles. The molecule has 0 aliphatic carbocycles. The van der Waals surface area contributed by atoms with Gasteiger partial charge in [0.2, 0.25) is 0 Å². The van der Waals surface area contributed by atoms with E-state index in [0.29, 0.717) is 5.96 Å². The van der Waals surface area contributed by atoms with Crippen molar-refractivity contribution in [3.8, 4) is 0 Å². The molecule has 0 radical (unpaired) electrons. The summed E-state index contributed by atoms with van der Waals surface area (Å²) in [7, 11) is 0. The third kappa shape index (κ3) is 2.85. The first-order valence-electron chi connectivity index (χ1n) is 5.47. The van der Waals surface area contributed by atoms with Crippen LogP contribution in [0.4, 0.5) is 0 Å². The number of carbonyl (C=O) groups excluding carboxylic acids is 1. The van der Waals surface area contributed by atoms with E-state index in [9.17, 15) is 4.79 Å². The molecule has 2 rings (SSSR count). The van der Waals surface area contributed by atoms with E-state index in [0.717, 1.165) is 10.0 Å². The van der Waals surface area contributed by atoms with Gasteiger partial charge in [-0.15, -0.1) is 0 Å². The van der Waals surface area contributed by atoms with Crippen molar-refractivity contribution < 1.29 is 4.79 Å². The highest BCUT2D eigenvalue weighted by Gasteiger charge is 2.27.